The Morgan fingerprint density at radius 1 is 1.19 bits per heavy atom. The number of methoxy groups -OCH3 is 1. The Balaban J connectivity index is 2.12. The van der Waals surface area contributed by atoms with E-state index in [0.29, 0.717) is 5.56 Å². The van der Waals surface area contributed by atoms with Crippen LogP contribution in [0, 0.1) is 6.92 Å². The molecule has 0 bridgehead atoms. The normalized spacial score (nSPS) is 11.8. The van der Waals surface area contributed by atoms with E-state index < -0.39 is 0 Å². The van der Waals surface area contributed by atoms with E-state index in [1.807, 2.05) is 50.2 Å². The van der Waals surface area contributed by atoms with Crippen LogP contribution in [0.25, 0.3) is 0 Å². The van der Waals surface area contributed by atoms with Crippen molar-refractivity contribution in [3.8, 4) is 5.75 Å². The van der Waals surface area contributed by atoms with Crippen molar-refractivity contribution in [3.05, 3.63) is 63.6 Å². The van der Waals surface area contributed by atoms with E-state index in [1.54, 1.807) is 13.2 Å². The summed E-state index contributed by atoms with van der Waals surface area (Å²) in [6, 6.07) is 13.3. The van der Waals surface area contributed by atoms with Crippen LogP contribution in [-0.2, 0) is 0 Å². The van der Waals surface area contributed by atoms with E-state index in [0.717, 1.165) is 21.3 Å². The number of ether oxygens (including phenoxy) is 1. The van der Waals surface area contributed by atoms with Crippen LogP contribution in [0.1, 0.15) is 34.5 Å². The van der Waals surface area contributed by atoms with E-state index in [1.165, 1.54) is 0 Å². The van der Waals surface area contributed by atoms with Crippen LogP contribution in [-0.4, -0.2) is 13.0 Å². The predicted octanol–water partition coefficient (Wildman–Crippen LogP) is 4.26. The first-order chi connectivity index (χ1) is 10.0. The van der Waals surface area contributed by atoms with Gasteiger partial charge in [0.1, 0.15) is 5.75 Å². The topological polar surface area (TPSA) is 38.3 Å². The number of halogens is 1. The van der Waals surface area contributed by atoms with Crippen molar-refractivity contribution in [1.29, 1.82) is 0 Å². The first kappa shape index (κ1) is 15.6. The Morgan fingerprint density at radius 3 is 2.48 bits per heavy atom. The van der Waals surface area contributed by atoms with Crippen molar-refractivity contribution in [3.63, 3.8) is 0 Å². The molecule has 0 saturated heterocycles. The van der Waals surface area contributed by atoms with Crippen molar-refractivity contribution in [2.45, 2.75) is 19.9 Å². The molecule has 0 aliphatic heterocycles. The zero-order valence-electron chi connectivity index (χ0n) is 12.3. The van der Waals surface area contributed by atoms with Gasteiger partial charge in [0.15, 0.2) is 0 Å². The van der Waals surface area contributed by atoms with Crippen LogP contribution in [0.2, 0.25) is 0 Å². The molecule has 0 unspecified atom stereocenters. The summed E-state index contributed by atoms with van der Waals surface area (Å²) in [7, 11) is 1.61. The fourth-order valence-electron chi connectivity index (χ4n) is 2.08. The highest BCUT2D eigenvalue weighted by molar-refractivity contribution is 9.10. The van der Waals surface area contributed by atoms with E-state index in [4.69, 9.17) is 4.74 Å². The molecule has 1 N–H and O–H groups in total. The summed E-state index contributed by atoms with van der Waals surface area (Å²) in [5, 5.41) is 2.99. The maximum atomic E-state index is 12.3. The molecule has 1 atom stereocenters. The van der Waals surface area contributed by atoms with E-state index in [-0.39, 0.29) is 11.9 Å². The van der Waals surface area contributed by atoms with E-state index in [9.17, 15) is 4.79 Å². The number of aryl methyl sites for hydroxylation is 1. The number of hydrogen-bond donors (Lipinski definition) is 1. The second-order valence-corrected chi connectivity index (χ2v) is 5.85. The van der Waals surface area contributed by atoms with Gasteiger partial charge in [-0.2, -0.15) is 0 Å². The van der Waals surface area contributed by atoms with Gasteiger partial charge in [-0.3, -0.25) is 4.79 Å². The van der Waals surface area contributed by atoms with Crippen molar-refractivity contribution >= 4 is 21.8 Å². The molecular formula is C17H18BrNO2. The molecule has 2 rings (SSSR count). The number of amides is 1. The van der Waals surface area contributed by atoms with Gasteiger partial charge in [-0.15, -0.1) is 0 Å². The van der Waals surface area contributed by atoms with E-state index in [2.05, 4.69) is 21.2 Å². The second kappa shape index (κ2) is 6.76. The lowest BCUT2D eigenvalue weighted by Gasteiger charge is -2.15. The Morgan fingerprint density at radius 2 is 1.86 bits per heavy atom. The minimum absolute atomic E-state index is 0.0575. The number of rotatable bonds is 4. The minimum Gasteiger partial charge on any atom is -0.496 e. The lowest BCUT2D eigenvalue weighted by molar-refractivity contribution is 0.0939. The highest BCUT2D eigenvalue weighted by Gasteiger charge is 2.12. The lowest BCUT2D eigenvalue weighted by Crippen LogP contribution is -2.26. The largest absolute Gasteiger partial charge is 0.496 e. The Kier molecular flexibility index (Phi) is 5.02. The third-order valence-corrected chi connectivity index (χ3v) is 3.92. The van der Waals surface area contributed by atoms with Crippen molar-refractivity contribution in [2.75, 3.05) is 7.11 Å². The molecule has 21 heavy (non-hydrogen) atoms. The van der Waals surface area contributed by atoms with Gasteiger partial charge in [-0.05, 0) is 49.2 Å². The molecule has 2 aromatic carbocycles. The van der Waals surface area contributed by atoms with Crippen molar-refractivity contribution in [1.82, 2.24) is 5.32 Å². The molecule has 4 heteroatoms. The van der Waals surface area contributed by atoms with Gasteiger partial charge in [0.25, 0.3) is 5.91 Å². The number of hydrogen-bond acceptors (Lipinski definition) is 2. The molecule has 0 heterocycles. The summed E-state index contributed by atoms with van der Waals surface area (Å²) in [4.78, 5) is 12.3. The molecule has 0 aliphatic carbocycles. The maximum absolute atomic E-state index is 12.3. The summed E-state index contributed by atoms with van der Waals surface area (Å²) in [5.74, 6) is 0.614. The van der Waals surface area contributed by atoms with Crippen LogP contribution in [0.4, 0.5) is 0 Å². The quantitative estimate of drug-likeness (QED) is 0.897. The first-order valence-electron chi connectivity index (χ1n) is 6.72. The van der Waals surface area contributed by atoms with Crippen LogP contribution in [0.5, 0.6) is 5.75 Å². The molecular weight excluding hydrogens is 330 g/mol. The molecule has 0 aromatic heterocycles. The standard InChI is InChI=1S/C17H18BrNO2/c1-11-4-5-14(10-16(11)21-3)17(20)19-12(2)13-6-8-15(18)9-7-13/h4-10,12H,1-3H3,(H,19,20)/t12-/m0/s1. The van der Waals surface area contributed by atoms with Gasteiger partial charge >= 0.3 is 0 Å². The van der Waals surface area contributed by atoms with Gasteiger partial charge < -0.3 is 10.1 Å². The van der Waals surface area contributed by atoms with Gasteiger partial charge in [-0.1, -0.05) is 34.1 Å². The minimum atomic E-state index is -0.108. The fourth-order valence-corrected chi connectivity index (χ4v) is 2.34. The number of benzene rings is 2. The monoisotopic (exact) mass is 347 g/mol. The highest BCUT2D eigenvalue weighted by Crippen LogP contribution is 2.20. The Labute approximate surface area is 133 Å². The fraction of sp³-hybridized carbons (Fsp3) is 0.235. The van der Waals surface area contributed by atoms with Gasteiger partial charge in [0.05, 0.1) is 13.2 Å². The molecule has 0 aliphatic rings. The van der Waals surface area contributed by atoms with Gasteiger partial charge in [0, 0.05) is 10.0 Å². The average Bonchev–Trinajstić information content (AvgIpc) is 2.48. The molecule has 0 radical (unpaired) electrons. The Hall–Kier alpha value is -1.81. The van der Waals surface area contributed by atoms with E-state index >= 15 is 0 Å². The SMILES string of the molecule is COc1cc(C(=O)N[C@@H](C)c2ccc(Br)cc2)ccc1C. The van der Waals surface area contributed by atoms with Crippen LogP contribution < -0.4 is 10.1 Å². The van der Waals surface area contributed by atoms with Crippen molar-refractivity contribution in [2.24, 2.45) is 0 Å². The Bertz CT molecular complexity index is 638. The third kappa shape index (κ3) is 3.85. The number of nitrogens with one attached hydrogen (secondary N) is 1. The summed E-state index contributed by atoms with van der Waals surface area (Å²) in [6.07, 6.45) is 0. The van der Waals surface area contributed by atoms with Crippen LogP contribution in [0.3, 0.4) is 0 Å². The zero-order valence-corrected chi connectivity index (χ0v) is 13.9. The van der Waals surface area contributed by atoms with Crippen molar-refractivity contribution < 1.29 is 9.53 Å². The molecule has 0 fully saturated rings. The summed E-state index contributed by atoms with van der Waals surface area (Å²) < 4.78 is 6.27. The highest BCUT2D eigenvalue weighted by atomic mass is 79.9. The van der Waals surface area contributed by atoms with Gasteiger partial charge in [-0.25, -0.2) is 0 Å². The molecule has 110 valence electrons. The molecule has 0 saturated carbocycles. The second-order valence-electron chi connectivity index (χ2n) is 4.93. The molecule has 1 amide bonds. The molecule has 3 nitrogen and oxygen atoms in total. The molecule has 2 aromatic rings. The summed E-state index contributed by atoms with van der Waals surface area (Å²) >= 11 is 3.40. The third-order valence-electron chi connectivity index (χ3n) is 3.39. The smallest absolute Gasteiger partial charge is 0.251 e. The number of carbonyl (C=O) groups excluding carboxylic acids is 1. The van der Waals surface area contributed by atoms with Gasteiger partial charge in [0.2, 0.25) is 0 Å². The first-order valence-corrected chi connectivity index (χ1v) is 7.51. The van der Waals surface area contributed by atoms with Crippen LogP contribution >= 0.6 is 15.9 Å². The number of carbonyl (C=O) groups is 1. The maximum Gasteiger partial charge on any atom is 0.251 e. The molecule has 0 spiro atoms. The van der Waals surface area contributed by atoms with Crippen LogP contribution in [0.15, 0.2) is 46.9 Å². The predicted molar refractivity (Wildman–Crippen MR) is 87.8 cm³/mol. The average molecular weight is 348 g/mol. The zero-order chi connectivity index (χ0) is 15.4. The summed E-state index contributed by atoms with van der Waals surface area (Å²) in [6.45, 7) is 3.91. The lowest BCUT2D eigenvalue weighted by atomic mass is 10.1. The summed E-state index contributed by atoms with van der Waals surface area (Å²) in [5.41, 5.74) is 2.67.